The molecule has 1 aromatic heterocycles. The number of para-hydroxylation sites is 2. The minimum absolute atomic E-state index is 0.0283. The quantitative estimate of drug-likeness (QED) is 0.792. The van der Waals surface area contributed by atoms with Crippen molar-refractivity contribution in [3.8, 4) is 0 Å². The maximum atomic E-state index is 13.5. The van der Waals surface area contributed by atoms with Gasteiger partial charge in [0.1, 0.15) is 0 Å². The van der Waals surface area contributed by atoms with Crippen molar-refractivity contribution in [2.24, 2.45) is 5.92 Å². The highest BCUT2D eigenvalue weighted by molar-refractivity contribution is 5.76. The number of amides is 2. The minimum atomic E-state index is -4.49. The average Bonchev–Trinajstić information content (AvgIpc) is 3.08. The Kier molecular flexibility index (Phi) is 5.69. The summed E-state index contributed by atoms with van der Waals surface area (Å²) in [6.07, 6.45) is 2.54. The molecule has 0 bridgehead atoms. The highest BCUT2D eigenvalue weighted by Gasteiger charge is 2.38. The molecule has 1 saturated heterocycles. The molecule has 1 aromatic carbocycles. The molecular formula is C21H27F3N4O. The maximum Gasteiger partial charge on any atom is 0.449 e. The predicted molar refractivity (Wildman–Crippen MR) is 104 cm³/mol. The summed E-state index contributed by atoms with van der Waals surface area (Å²) in [7, 11) is 0. The molecule has 4 rings (SSSR count). The van der Waals surface area contributed by atoms with Crippen LogP contribution in [-0.4, -0.2) is 39.6 Å². The average molecular weight is 408 g/mol. The Morgan fingerprint density at radius 3 is 2.45 bits per heavy atom. The first kappa shape index (κ1) is 20.0. The zero-order valence-electron chi connectivity index (χ0n) is 16.4. The van der Waals surface area contributed by atoms with Crippen molar-refractivity contribution in [1.29, 1.82) is 0 Å². The van der Waals surface area contributed by atoms with Crippen LogP contribution < -0.4 is 5.32 Å². The molecule has 2 amide bonds. The van der Waals surface area contributed by atoms with Gasteiger partial charge >= 0.3 is 12.2 Å². The van der Waals surface area contributed by atoms with Gasteiger partial charge in [0.2, 0.25) is 5.82 Å². The Morgan fingerprint density at radius 1 is 1.07 bits per heavy atom. The monoisotopic (exact) mass is 408 g/mol. The van der Waals surface area contributed by atoms with E-state index in [-0.39, 0.29) is 24.5 Å². The maximum absolute atomic E-state index is 13.5. The third-order valence-electron chi connectivity index (χ3n) is 6.18. The molecule has 2 aromatic rings. The summed E-state index contributed by atoms with van der Waals surface area (Å²) in [6, 6.07) is 6.96. The Labute approximate surface area is 168 Å². The van der Waals surface area contributed by atoms with Gasteiger partial charge in [0, 0.05) is 25.7 Å². The number of nitrogens with one attached hydrogen (secondary N) is 1. The number of imidazole rings is 1. The molecule has 0 unspecified atom stereocenters. The SMILES string of the molecule is O=C(NC1CCCCC1)N1CCC(Cn2c(C(F)(F)F)nc3ccccc32)CC1. The number of fused-ring (bicyclic) bond motifs is 1. The van der Waals surface area contributed by atoms with E-state index < -0.39 is 12.0 Å². The molecule has 158 valence electrons. The first-order valence-corrected chi connectivity index (χ1v) is 10.5. The highest BCUT2D eigenvalue weighted by atomic mass is 19.4. The van der Waals surface area contributed by atoms with Crippen LogP contribution in [0.1, 0.15) is 50.8 Å². The summed E-state index contributed by atoms with van der Waals surface area (Å²) in [5, 5.41) is 3.13. The van der Waals surface area contributed by atoms with Crippen molar-refractivity contribution in [3.63, 3.8) is 0 Å². The van der Waals surface area contributed by atoms with Crippen molar-refractivity contribution in [2.75, 3.05) is 13.1 Å². The van der Waals surface area contributed by atoms with E-state index in [9.17, 15) is 18.0 Å². The predicted octanol–water partition coefficient (Wildman–Crippen LogP) is 4.81. The van der Waals surface area contributed by atoms with E-state index in [2.05, 4.69) is 10.3 Å². The van der Waals surface area contributed by atoms with E-state index >= 15 is 0 Å². The normalized spacial score (nSPS) is 19.6. The number of carbonyl (C=O) groups is 1. The van der Waals surface area contributed by atoms with E-state index in [4.69, 9.17) is 0 Å². The lowest BCUT2D eigenvalue weighted by atomic mass is 9.95. The van der Waals surface area contributed by atoms with Gasteiger partial charge in [-0.25, -0.2) is 9.78 Å². The number of alkyl halides is 3. The van der Waals surface area contributed by atoms with Gasteiger partial charge in [0.25, 0.3) is 0 Å². The molecule has 2 aliphatic rings. The number of urea groups is 1. The van der Waals surface area contributed by atoms with Gasteiger partial charge < -0.3 is 14.8 Å². The van der Waals surface area contributed by atoms with Gasteiger partial charge in [-0.1, -0.05) is 31.4 Å². The van der Waals surface area contributed by atoms with Gasteiger partial charge in [0.05, 0.1) is 11.0 Å². The molecule has 0 spiro atoms. The summed E-state index contributed by atoms with van der Waals surface area (Å²) < 4.78 is 41.8. The van der Waals surface area contributed by atoms with E-state index in [1.807, 2.05) is 4.90 Å². The largest absolute Gasteiger partial charge is 0.449 e. The van der Waals surface area contributed by atoms with E-state index in [0.717, 1.165) is 25.7 Å². The number of halogens is 3. The number of rotatable bonds is 3. The fourth-order valence-corrected chi connectivity index (χ4v) is 4.57. The molecule has 2 heterocycles. The van der Waals surface area contributed by atoms with Crippen molar-refractivity contribution < 1.29 is 18.0 Å². The molecular weight excluding hydrogens is 381 g/mol. The lowest BCUT2D eigenvalue weighted by molar-refractivity contribution is -0.147. The van der Waals surface area contributed by atoms with Crippen molar-refractivity contribution in [2.45, 2.75) is 63.7 Å². The Balaban J connectivity index is 1.39. The van der Waals surface area contributed by atoms with Crippen LogP contribution in [0.2, 0.25) is 0 Å². The smallest absolute Gasteiger partial charge is 0.335 e. The number of hydrogen-bond acceptors (Lipinski definition) is 2. The number of aromatic nitrogens is 2. The fourth-order valence-electron chi connectivity index (χ4n) is 4.57. The number of likely N-dealkylation sites (tertiary alicyclic amines) is 1. The molecule has 29 heavy (non-hydrogen) atoms. The number of hydrogen-bond donors (Lipinski definition) is 1. The number of piperidine rings is 1. The van der Waals surface area contributed by atoms with Gasteiger partial charge in [-0.15, -0.1) is 0 Å². The van der Waals surface area contributed by atoms with Crippen LogP contribution in [0.4, 0.5) is 18.0 Å². The van der Waals surface area contributed by atoms with Crippen LogP contribution in [0.15, 0.2) is 24.3 Å². The van der Waals surface area contributed by atoms with Crippen LogP contribution in [-0.2, 0) is 12.7 Å². The summed E-state index contributed by atoms with van der Waals surface area (Å²) in [4.78, 5) is 18.1. The topological polar surface area (TPSA) is 50.2 Å². The van der Waals surface area contributed by atoms with Crippen molar-refractivity contribution in [3.05, 3.63) is 30.1 Å². The second-order valence-electron chi connectivity index (χ2n) is 8.25. The summed E-state index contributed by atoms with van der Waals surface area (Å²) in [5.41, 5.74) is 0.876. The van der Waals surface area contributed by atoms with Crippen LogP contribution in [0.3, 0.4) is 0 Å². The molecule has 1 aliphatic heterocycles. The third-order valence-corrected chi connectivity index (χ3v) is 6.18. The van der Waals surface area contributed by atoms with Crippen LogP contribution in [0.25, 0.3) is 11.0 Å². The Hall–Kier alpha value is -2.25. The lowest BCUT2D eigenvalue weighted by Crippen LogP contribution is -2.48. The summed E-state index contributed by atoms with van der Waals surface area (Å²) in [5.74, 6) is -0.747. The number of nitrogens with zero attached hydrogens (tertiary/aromatic N) is 3. The number of carbonyl (C=O) groups excluding carboxylic acids is 1. The molecule has 8 heteroatoms. The standard InChI is InChI=1S/C21H27F3N4O/c22-21(23,24)19-26-17-8-4-5-9-18(17)28(19)14-15-10-12-27(13-11-15)20(29)25-16-6-2-1-3-7-16/h4-5,8-9,15-16H,1-3,6-7,10-14H2,(H,25,29). The zero-order valence-corrected chi connectivity index (χ0v) is 16.4. The Morgan fingerprint density at radius 2 is 1.76 bits per heavy atom. The van der Waals surface area contributed by atoms with Crippen LogP contribution >= 0.6 is 0 Å². The van der Waals surface area contributed by atoms with Crippen LogP contribution in [0.5, 0.6) is 0 Å². The highest BCUT2D eigenvalue weighted by Crippen LogP contribution is 2.33. The molecule has 0 radical (unpaired) electrons. The third kappa shape index (κ3) is 4.51. The number of benzene rings is 1. The van der Waals surface area contributed by atoms with Gasteiger partial charge in [-0.05, 0) is 43.7 Å². The minimum Gasteiger partial charge on any atom is -0.335 e. The zero-order chi connectivity index (χ0) is 20.4. The lowest BCUT2D eigenvalue weighted by Gasteiger charge is -2.34. The molecule has 2 fully saturated rings. The van der Waals surface area contributed by atoms with E-state index in [1.54, 1.807) is 24.3 Å². The second-order valence-corrected chi connectivity index (χ2v) is 8.25. The Bertz CT molecular complexity index is 849. The van der Waals surface area contributed by atoms with E-state index in [1.165, 1.54) is 11.0 Å². The summed E-state index contributed by atoms with van der Waals surface area (Å²) in [6.45, 7) is 1.43. The second kappa shape index (κ2) is 8.24. The van der Waals surface area contributed by atoms with Crippen molar-refractivity contribution in [1.82, 2.24) is 19.8 Å². The molecule has 1 N–H and O–H groups in total. The van der Waals surface area contributed by atoms with Gasteiger partial charge in [-0.2, -0.15) is 13.2 Å². The first-order valence-electron chi connectivity index (χ1n) is 10.5. The molecule has 1 saturated carbocycles. The van der Waals surface area contributed by atoms with Crippen LogP contribution in [0, 0.1) is 5.92 Å². The van der Waals surface area contributed by atoms with Gasteiger partial charge in [-0.3, -0.25) is 0 Å². The molecule has 0 atom stereocenters. The molecule has 5 nitrogen and oxygen atoms in total. The fraction of sp³-hybridized carbons (Fsp3) is 0.619. The summed E-state index contributed by atoms with van der Waals surface area (Å²) >= 11 is 0. The molecule has 1 aliphatic carbocycles. The van der Waals surface area contributed by atoms with Crippen molar-refractivity contribution >= 4 is 17.1 Å². The first-order chi connectivity index (χ1) is 13.9. The van der Waals surface area contributed by atoms with Gasteiger partial charge in [0.15, 0.2) is 0 Å². The van der Waals surface area contributed by atoms with E-state index in [0.29, 0.717) is 37.0 Å².